The van der Waals surface area contributed by atoms with E-state index in [1.807, 2.05) is 30.3 Å². The van der Waals surface area contributed by atoms with Gasteiger partial charge in [-0.25, -0.2) is 18.2 Å². The predicted molar refractivity (Wildman–Crippen MR) is 89.9 cm³/mol. The van der Waals surface area contributed by atoms with Crippen LogP contribution in [0.5, 0.6) is 0 Å². The monoisotopic (exact) mass is 360 g/mol. The van der Waals surface area contributed by atoms with Gasteiger partial charge in [-0.1, -0.05) is 18.2 Å². The second-order valence-corrected chi connectivity index (χ2v) is 5.66. The molecule has 1 aromatic heterocycles. The molecule has 0 saturated carbocycles. The number of hydrogen-bond donors (Lipinski definition) is 1. The number of aromatic nitrogens is 1. The number of carbonyl (C=O) groups excluding carboxylic acids is 1. The third-order valence-electron chi connectivity index (χ3n) is 3.81. The third kappa shape index (κ3) is 3.77. The van der Waals surface area contributed by atoms with Crippen molar-refractivity contribution in [2.75, 3.05) is 5.32 Å². The normalized spacial score (nSPS) is 10.8. The van der Waals surface area contributed by atoms with E-state index in [4.69, 9.17) is 4.42 Å². The molecule has 4 nitrogen and oxygen atoms in total. The molecule has 0 aliphatic heterocycles. The van der Waals surface area contributed by atoms with Crippen molar-refractivity contribution in [1.82, 2.24) is 4.98 Å². The number of carbonyl (C=O) groups is 1. The first-order chi connectivity index (χ1) is 12.5. The van der Waals surface area contributed by atoms with E-state index in [2.05, 4.69) is 10.3 Å². The van der Waals surface area contributed by atoms with Gasteiger partial charge >= 0.3 is 0 Å². The highest BCUT2D eigenvalue weighted by molar-refractivity contribution is 5.90. The minimum absolute atomic E-state index is 0.0139. The fourth-order valence-electron chi connectivity index (χ4n) is 2.43. The molecule has 0 unspecified atom stereocenters. The molecule has 1 N–H and O–H groups in total. The summed E-state index contributed by atoms with van der Waals surface area (Å²) in [6.07, 6.45) is 0.249. The van der Waals surface area contributed by atoms with Crippen molar-refractivity contribution in [2.45, 2.75) is 19.8 Å². The molecule has 1 amide bonds. The molecule has 134 valence electrons. The van der Waals surface area contributed by atoms with E-state index < -0.39 is 29.0 Å². The molecule has 0 fully saturated rings. The summed E-state index contributed by atoms with van der Waals surface area (Å²) < 4.78 is 45.3. The average Bonchev–Trinajstić information content (AvgIpc) is 3.02. The van der Waals surface area contributed by atoms with E-state index in [0.29, 0.717) is 17.3 Å². The van der Waals surface area contributed by atoms with Crippen molar-refractivity contribution in [3.63, 3.8) is 0 Å². The lowest BCUT2D eigenvalue weighted by atomic mass is 10.2. The molecule has 2 aromatic carbocycles. The number of amides is 1. The van der Waals surface area contributed by atoms with Crippen LogP contribution >= 0.6 is 0 Å². The third-order valence-corrected chi connectivity index (χ3v) is 3.81. The molecule has 3 aromatic rings. The smallest absolute Gasteiger partial charge is 0.226 e. The van der Waals surface area contributed by atoms with Crippen LogP contribution in [-0.4, -0.2) is 10.9 Å². The molecular formula is C19H15F3N2O2. The molecule has 0 radical (unpaired) electrons. The average molecular weight is 360 g/mol. The molecule has 26 heavy (non-hydrogen) atoms. The van der Waals surface area contributed by atoms with Gasteiger partial charge in [0, 0.05) is 18.4 Å². The van der Waals surface area contributed by atoms with E-state index in [-0.39, 0.29) is 12.8 Å². The summed E-state index contributed by atoms with van der Waals surface area (Å²) in [5.74, 6) is -3.88. The summed E-state index contributed by atoms with van der Waals surface area (Å²) in [5, 5.41) is 2.23. The number of halogens is 3. The maximum Gasteiger partial charge on any atom is 0.226 e. The lowest BCUT2D eigenvalue weighted by Crippen LogP contribution is -2.14. The number of aryl methyl sites for hydroxylation is 2. The van der Waals surface area contributed by atoms with E-state index in [9.17, 15) is 18.0 Å². The van der Waals surface area contributed by atoms with Crippen LogP contribution in [0, 0.1) is 24.4 Å². The number of benzene rings is 2. The largest absolute Gasteiger partial charge is 0.441 e. The molecule has 1 heterocycles. The van der Waals surface area contributed by atoms with Crippen LogP contribution in [0.3, 0.4) is 0 Å². The van der Waals surface area contributed by atoms with Crippen molar-refractivity contribution < 1.29 is 22.4 Å². The van der Waals surface area contributed by atoms with Gasteiger partial charge in [0.2, 0.25) is 11.8 Å². The van der Waals surface area contributed by atoms with E-state index >= 15 is 0 Å². The van der Waals surface area contributed by atoms with E-state index in [1.54, 1.807) is 6.92 Å². The Morgan fingerprint density at radius 3 is 2.54 bits per heavy atom. The van der Waals surface area contributed by atoms with E-state index in [1.165, 1.54) is 0 Å². The highest BCUT2D eigenvalue weighted by atomic mass is 19.2. The second-order valence-electron chi connectivity index (χ2n) is 5.66. The zero-order valence-corrected chi connectivity index (χ0v) is 13.9. The highest BCUT2D eigenvalue weighted by Gasteiger charge is 2.16. The van der Waals surface area contributed by atoms with Crippen LogP contribution in [0.1, 0.15) is 17.9 Å². The van der Waals surface area contributed by atoms with Crippen LogP contribution in [0.2, 0.25) is 0 Å². The van der Waals surface area contributed by atoms with Gasteiger partial charge in [-0.3, -0.25) is 4.79 Å². The van der Waals surface area contributed by atoms with Crippen LogP contribution in [-0.2, 0) is 11.2 Å². The minimum atomic E-state index is -1.62. The van der Waals surface area contributed by atoms with Crippen molar-refractivity contribution >= 4 is 11.6 Å². The summed E-state index contributed by atoms with van der Waals surface area (Å²) in [7, 11) is 0. The van der Waals surface area contributed by atoms with Gasteiger partial charge in [-0.15, -0.1) is 0 Å². The molecule has 7 heteroatoms. The zero-order valence-electron chi connectivity index (χ0n) is 13.9. The number of hydrogen-bond acceptors (Lipinski definition) is 3. The fourth-order valence-corrected chi connectivity index (χ4v) is 2.43. The topological polar surface area (TPSA) is 55.1 Å². The Balaban J connectivity index is 1.65. The Kier molecular flexibility index (Phi) is 5.06. The zero-order chi connectivity index (χ0) is 18.7. The van der Waals surface area contributed by atoms with Gasteiger partial charge in [0.05, 0.1) is 11.4 Å². The van der Waals surface area contributed by atoms with Gasteiger partial charge in [0.15, 0.2) is 17.5 Å². The maximum absolute atomic E-state index is 13.6. The number of rotatable bonds is 5. The Labute approximate surface area is 147 Å². The Morgan fingerprint density at radius 1 is 1.08 bits per heavy atom. The highest BCUT2D eigenvalue weighted by Crippen LogP contribution is 2.23. The number of nitrogens with zero attached hydrogens (tertiary/aromatic N) is 1. The quantitative estimate of drug-likeness (QED) is 0.675. The molecule has 0 bridgehead atoms. The van der Waals surface area contributed by atoms with Crippen molar-refractivity contribution in [1.29, 1.82) is 0 Å². The molecule has 0 aliphatic rings. The first-order valence-corrected chi connectivity index (χ1v) is 7.91. The van der Waals surface area contributed by atoms with E-state index in [0.717, 1.165) is 17.7 Å². The maximum atomic E-state index is 13.6. The lowest BCUT2D eigenvalue weighted by Gasteiger charge is -2.06. The molecule has 0 aliphatic carbocycles. The van der Waals surface area contributed by atoms with Gasteiger partial charge in [-0.05, 0) is 31.2 Å². The SMILES string of the molecule is Cc1oc(-c2ccccc2)nc1CCC(=O)Nc1ccc(F)c(F)c1F. The first-order valence-electron chi connectivity index (χ1n) is 7.91. The van der Waals surface area contributed by atoms with Gasteiger partial charge in [0.1, 0.15) is 5.76 Å². The Morgan fingerprint density at radius 2 is 1.81 bits per heavy atom. The van der Waals surface area contributed by atoms with Crippen molar-refractivity contribution in [2.24, 2.45) is 0 Å². The molecule has 0 atom stereocenters. The Hall–Kier alpha value is -3.09. The molecule has 3 rings (SSSR count). The van der Waals surface area contributed by atoms with Crippen LogP contribution in [0.15, 0.2) is 46.9 Å². The molecular weight excluding hydrogens is 345 g/mol. The summed E-state index contributed by atoms with van der Waals surface area (Å²) >= 11 is 0. The van der Waals surface area contributed by atoms with Crippen LogP contribution in [0.4, 0.5) is 18.9 Å². The van der Waals surface area contributed by atoms with Crippen LogP contribution < -0.4 is 5.32 Å². The lowest BCUT2D eigenvalue weighted by molar-refractivity contribution is -0.116. The van der Waals surface area contributed by atoms with Gasteiger partial charge < -0.3 is 9.73 Å². The Bertz CT molecular complexity index is 939. The van der Waals surface area contributed by atoms with Gasteiger partial charge in [0.25, 0.3) is 0 Å². The summed E-state index contributed by atoms with van der Waals surface area (Å²) in [4.78, 5) is 16.3. The first kappa shape index (κ1) is 17.7. The number of oxazole rings is 1. The summed E-state index contributed by atoms with van der Waals surface area (Å²) in [6, 6.07) is 11.0. The van der Waals surface area contributed by atoms with Crippen LogP contribution in [0.25, 0.3) is 11.5 Å². The van der Waals surface area contributed by atoms with Crippen molar-refractivity contribution in [3.8, 4) is 11.5 Å². The summed E-state index contributed by atoms with van der Waals surface area (Å²) in [5.41, 5.74) is 1.01. The fraction of sp³-hybridized carbons (Fsp3) is 0.158. The molecule has 0 saturated heterocycles. The minimum Gasteiger partial charge on any atom is -0.441 e. The predicted octanol–water partition coefficient (Wildman–Crippen LogP) is 4.64. The second kappa shape index (κ2) is 7.43. The number of anilines is 1. The molecule has 0 spiro atoms. The number of nitrogens with one attached hydrogen (secondary N) is 1. The van der Waals surface area contributed by atoms with Gasteiger partial charge in [-0.2, -0.15) is 0 Å². The van der Waals surface area contributed by atoms with Crippen molar-refractivity contribution in [3.05, 3.63) is 71.4 Å². The summed E-state index contributed by atoms with van der Waals surface area (Å²) in [6.45, 7) is 1.74. The standard InChI is InChI=1S/C19H15F3N2O2/c1-11-14(24-19(26-11)12-5-3-2-4-6-12)9-10-16(25)23-15-8-7-13(20)17(21)18(15)22/h2-8H,9-10H2,1H3,(H,23,25).